The van der Waals surface area contributed by atoms with E-state index < -0.39 is 0 Å². The fraction of sp³-hybridized carbons (Fsp3) is 0.579. The molecular formula is C19H19ClN2O3. The third-order valence-electron chi connectivity index (χ3n) is 7.32. The average molecular weight is 359 g/mol. The van der Waals surface area contributed by atoms with E-state index in [-0.39, 0.29) is 28.9 Å². The molecule has 3 aliphatic heterocycles. The number of hydrogen-bond donors (Lipinski definition) is 1. The highest BCUT2D eigenvalue weighted by molar-refractivity contribution is 6.31. The zero-order chi connectivity index (χ0) is 17.1. The minimum Gasteiger partial charge on any atom is -0.447 e. The van der Waals surface area contributed by atoms with Crippen molar-refractivity contribution in [2.24, 2.45) is 17.8 Å². The van der Waals surface area contributed by atoms with Gasteiger partial charge in [-0.2, -0.15) is 0 Å². The first-order valence-corrected chi connectivity index (χ1v) is 9.35. The van der Waals surface area contributed by atoms with E-state index in [9.17, 15) is 9.59 Å². The van der Waals surface area contributed by atoms with Gasteiger partial charge >= 0.3 is 6.09 Å². The molecule has 3 heterocycles. The second-order valence-electron chi connectivity index (χ2n) is 8.60. The number of nitrogens with one attached hydrogen (secondary N) is 1. The maximum Gasteiger partial charge on any atom is 0.407 e. The monoisotopic (exact) mass is 358 g/mol. The lowest BCUT2D eigenvalue weighted by Gasteiger charge is -2.43. The van der Waals surface area contributed by atoms with Gasteiger partial charge in [-0.1, -0.05) is 23.7 Å². The molecule has 1 spiro atoms. The van der Waals surface area contributed by atoms with Gasteiger partial charge in [0.2, 0.25) is 5.91 Å². The molecule has 2 amide bonds. The van der Waals surface area contributed by atoms with Gasteiger partial charge in [-0.05, 0) is 48.8 Å². The number of aryl methyl sites for hydroxylation is 1. The largest absolute Gasteiger partial charge is 0.447 e. The topological polar surface area (TPSA) is 58.6 Å². The Balaban J connectivity index is 1.18. The molecule has 6 fully saturated rings. The number of cyclic esters (lactones) is 1. The van der Waals surface area contributed by atoms with E-state index in [1.165, 1.54) is 5.56 Å². The van der Waals surface area contributed by atoms with Crippen LogP contribution in [0.15, 0.2) is 18.2 Å². The Morgan fingerprint density at radius 2 is 2.12 bits per heavy atom. The smallest absolute Gasteiger partial charge is 0.407 e. The Labute approximate surface area is 150 Å². The molecule has 6 heteroatoms. The first-order valence-electron chi connectivity index (χ1n) is 8.97. The van der Waals surface area contributed by atoms with Crippen molar-refractivity contribution in [1.29, 1.82) is 0 Å². The summed E-state index contributed by atoms with van der Waals surface area (Å²) in [5, 5.41) is 3.68. The third kappa shape index (κ3) is 1.61. The highest BCUT2D eigenvalue weighted by atomic mass is 35.5. The van der Waals surface area contributed by atoms with Crippen molar-refractivity contribution in [3.8, 4) is 0 Å². The lowest BCUT2D eigenvalue weighted by atomic mass is 9.68. The zero-order valence-electron chi connectivity index (χ0n) is 13.9. The Hall–Kier alpha value is -1.75. The van der Waals surface area contributed by atoms with Crippen LogP contribution in [0.3, 0.4) is 0 Å². The van der Waals surface area contributed by atoms with E-state index in [2.05, 4.69) is 28.4 Å². The summed E-state index contributed by atoms with van der Waals surface area (Å²) in [7, 11) is 0. The molecule has 130 valence electrons. The van der Waals surface area contributed by atoms with Crippen molar-refractivity contribution >= 4 is 23.6 Å². The second-order valence-corrected chi connectivity index (χ2v) is 9.01. The fourth-order valence-corrected chi connectivity index (χ4v) is 6.04. The number of ether oxygens (including phenoxy) is 1. The molecule has 2 atom stereocenters. The van der Waals surface area contributed by atoms with Gasteiger partial charge < -0.3 is 15.0 Å². The predicted molar refractivity (Wildman–Crippen MR) is 90.3 cm³/mol. The van der Waals surface area contributed by atoms with Crippen LogP contribution in [-0.4, -0.2) is 41.6 Å². The van der Waals surface area contributed by atoms with Gasteiger partial charge in [0, 0.05) is 28.9 Å². The lowest BCUT2D eigenvalue weighted by molar-refractivity contribution is -0.140. The Morgan fingerprint density at radius 3 is 2.76 bits per heavy atom. The van der Waals surface area contributed by atoms with Crippen LogP contribution in [-0.2, 0) is 14.9 Å². The van der Waals surface area contributed by atoms with Crippen LogP contribution >= 0.6 is 11.6 Å². The molecule has 7 rings (SSSR count). The van der Waals surface area contributed by atoms with Gasteiger partial charge in [-0.3, -0.25) is 4.79 Å². The van der Waals surface area contributed by atoms with E-state index in [4.69, 9.17) is 16.3 Å². The van der Waals surface area contributed by atoms with Crippen LogP contribution in [0.4, 0.5) is 4.79 Å². The minimum absolute atomic E-state index is 0.0272. The number of carbonyl (C=O) groups excluding carboxylic acids is 2. The molecule has 0 radical (unpaired) electrons. The zero-order valence-corrected chi connectivity index (χ0v) is 14.7. The van der Waals surface area contributed by atoms with Crippen molar-refractivity contribution in [3.63, 3.8) is 0 Å². The van der Waals surface area contributed by atoms with Gasteiger partial charge in [-0.15, -0.1) is 0 Å². The molecule has 25 heavy (non-hydrogen) atoms. The van der Waals surface area contributed by atoms with Crippen molar-refractivity contribution in [1.82, 2.24) is 10.2 Å². The molecule has 0 aromatic heterocycles. The van der Waals surface area contributed by atoms with Crippen LogP contribution in [0.25, 0.3) is 0 Å². The highest BCUT2D eigenvalue weighted by Gasteiger charge is 2.91. The molecule has 3 saturated heterocycles. The fourth-order valence-electron chi connectivity index (χ4n) is 5.86. The SMILES string of the molecule is Cc1ccc(C23CN(C(=O)C4CC5(COC(=O)N5)C4)C4C2C43)cc1Cl. The predicted octanol–water partition coefficient (Wildman–Crippen LogP) is 2.25. The number of halogens is 1. The third-order valence-corrected chi connectivity index (χ3v) is 7.72. The van der Waals surface area contributed by atoms with Gasteiger partial charge in [0.25, 0.3) is 0 Å². The molecule has 1 aromatic rings. The summed E-state index contributed by atoms with van der Waals surface area (Å²) in [5.41, 5.74) is 2.28. The molecule has 1 aromatic carbocycles. The second kappa shape index (κ2) is 4.14. The van der Waals surface area contributed by atoms with Crippen molar-refractivity contribution in [3.05, 3.63) is 34.3 Å². The number of nitrogens with zero attached hydrogens (tertiary/aromatic N) is 1. The van der Waals surface area contributed by atoms with Crippen LogP contribution < -0.4 is 5.32 Å². The molecule has 3 aliphatic carbocycles. The highest BCUT2D eigenvalue weighted by Crippen LogP contribution is 2.84. The summed E-state index contributed by atoms with van der Waals surface area (Å²) in [6.07, 6.45) is 1.06. The maximum absolute atomic E-state index is 12.9. The van der Waals surface area contributed by atoms with E-state index in [1.54, 1.807) is 0 Å². The summed E-state index contributed by atoms with van der Waals surface area (Å²) in [6, 6.07) is 6.81. The van der Waals surface area contributed by atoms with E-state index in [0.717, 1.165) is 17.1 Å². The Morgan fingerprint density at radius 1 is 1.36 bits per heavy atom. The number of fused-ring (bicyclic) bond motifs is 1. The quantitative estimate of drug-likeness (QED) is 0.882. The first kappa shape index (κ1) is 14.4. The number of benzene rings is 1. The minimum atomic E-state index is -0.353. The van der Waals surface area contributed by atoms with E-state index >= 15 is 0 Å². The number of alkyl carbamates (subject to hydrolysis) is 1. The maximum atomic E-state index is 12.9. The summed E-state index contributed by atoms with van der Waals surface area (Å²) in [5.74, 6) is 1.57. The summed E-state index contributed by atoms with van der Waals surface area (Å²) in [6.45, 7) is 3.25. The van der Waals surface area contributed by atoms with Gasteiger partial charge in [-0.25, -0.2) is 4.79 Å². The first-order chi connectivity index (χ1) is 12.0. The van der Waals surface area contributed by atoms with Crippen LogP contribution in [0.2, 0.25) is 5.02 Å². The molecular weight excluding hydrogens is 340 g/mol. The van der Waals surface area contributed by atoms with E-state index in [1.807, 2.05) is 6.92 Å². The Kier molecular flexibility index (Phi) is 2.39. The average Bonchev–Trinajstić information content (AvgIpc) is 3.26. The lowest BCUT2D eigenvalue weighted by Crippen LogP contribution is -2.58. The summed E-state index contributed by atoms with van der Waals surface area (Å²) >= 11 is 6.32. The standard InChI is InChI=1S/C19H19ClN2O3/c1-9-2-3-11(4-12(9)20)19-7-22(15-13(19)14(15)19)16(23)10-5-18(6-10)8-25-17(24)21-18/h2-4,10,13-15H,5-8H2,1H3,(H,21,24). The number of carbonyl (C=O) groups is 2. The summed E-state index contributed by atoms with van der Waals surface area (Å²) < 4.78 is 5.00. The molecule has 3 saturated carbocycles. The molecule has 2 unspecified atom stereocenters. The number of hydrogen-bond acceptors (Lipinski definition) is 3. The number of rotatable bonds is 2. The molecule has 1 N–H and O–H groups in total. The van der Waals surface area contributed by atoms with Crippen LogP contribution in [0.5, 0.6) is 0 Å². The molecule has 2 bridgehead atoms. The van der Waals surface area contributed by atoms with Crippen LogP contribution in [0, 0.1) is 24.7 Å². The van der Waals surface area contributed by atoms with Gasteiger partial charge in [0.05, 0.1) is 5.54 Å². The molecule has 5 nitrogen and oxygen atoms in total. The van der Waals surface area contributed by atoms with Gasteiger partial charge in [0.15, 0.2) is 0 Å². The summed E-state index contributed by atoms with van der Waals surface area (Å²) in [4.78, 5) is 26.3. The van der Waals surface area contributed by atoms with Crippen molar-refractivity contribution in [2.45, 2.75) is 36.8 Å². The normalized spacial score (nSPS) is 44.9. The number of amides is 2. The van der Waals surface area contributed by atoms with Crippen LogP contribution in [0.1, 0.15) is 24.0 Å². The van der Waals surface area contributed by atoms with Gasteiger partial charge in [0.1, 0.15) is 6.61 Å². The number of piperidine rings is 1. The van der Waals surface area contributed by atoms with Crippen molar-refractivity contribution < 1.29 is 14.3 Å². The van der Waals surface area contributed by atoms with Crippen molar-refractivity contribution in [2.75, 3.05) is 13.2 Å². The Bertz CT molecular complexity index is 837. The van der Waals surface area contributed by atoms with E-state index in [0.29, 0.717) is 37.3 Å². The molecule has 6 aliphatic rings.